The molecule has 2 N–H and O–H groups in total. The summed E-state index contributed by atoms with van der Waals surface area (Å²) in [6.07, 6.45) is 17.9. The van der Waals surface area contributed by atoms with Gasteiger partial charge in [0, 0.05) is 12.5 Å². The average molecular weight is 332 g/mol. The Bertz CT molecular complexity index is 393. The lowest BCUT2D eigenvalue weighted by atomic mass is 9.83. The van der Waals surface area contributed by atoms with Gasteiger partial charge < -0.3 is 5.73 Å². The van der Waals surface area contributed by atoms with Crippen molar-refractivity contribution in [2.24, 2.45) is 17.6 Å². The summed E-state index contributed by atoms with van der Waals surface area (Å²) in [7, 11) is 0. The van der Waals surface area contributed by atoms with Crippen LogP contribution in [0.25, 0.3) is 0 Å². The quantitative estimate of drug-likeness (QED) is 0.327. The molecule has 0 bridgehead atoms. The van der Waals surface area contributed by atoms with Crippen LogP contribution in [0.4, 0.5) is 0 Å². The van der Waals surface area contributed by atoms with Crippen LogP contribution in [-0.4, -0.2) is 6.54 Å². The Balaban J connectivity index is -0.000000314. The number of nitrogens with two attached hydrogens (primary N) is 1. The zero-order valence-corrected chi connectivity index (χ0v) is 17.1. The van der Waals surface area contributed by atoms with Gasteiger partial charge in [-0.05, 0) is 39.0 Å². The molecule has 1 heteroatoms. The average Bonchev–Trinajstić information content (AvgIpc) is 2.56. The Morgan fingerprint density at radius 1 is 1.46 bits per heavy atom. The fraction of sp³-hybridized carbons (Fsp3) is 0.565. The predicted octanol–water partition coefficient (Wildman–Crippen LogP) is 6.69. The summed E-state index contributed by atoms with van der Waals surface area (Å²) in [6.45, 7) is 20.0. The Kier molecular flexibility index (Phi) is 24.5. The SMILES string of the molecule is C#CC(C)CCC.C=C/C(=C\CN)CC1C=C(C)C1.C=CC.CC. The lowest BCUT2D eigenvalue weighted by Gasteiger charge is -2.23. The second-order valence-corrected chi connectivity index (χ2v) is 5.66. The van der Waals surface area contributed by atoms with Gasteiger partial charge >= 0.3 is 0 Å². The van der Waals surface area contributed by atoms with Crippen molar-refractivity contribution in [1.82, 2.24) is 0 Å². The van der Waals surface area contributed by atoms with Crippen LogP contribution in [0.3, 0.4) is 0 Å². The number of allylic oxidation sites excluding steroid dienone is 5. The van der Waals surface area contributed by atoms with Gasteiger partial charge in [0.2, 0.25) is 0 Å². The molecule has 0 heterocycles. The van der Waals surface area contributed by atoms with Gasteiger partial charge in [-0.25, -0.2) is 0 Å². The molecule has 0 spiro atoms. The summed E-state index contributed by atoms with van der Waals surface area (Å²) >= 11 is 0. The lowest BCUT2D eigenvalue weighted by molar-refractivity contribution is 0.577. The summed E-state index contributed by atoms with van der Waals surface area (Å²) in [5.74, 6) is 3.88. The van der Waals surface area contributed by atoms with Crippen molar-refractivity contribution in [3.63, 3.8) is 0 Å². The van der Waals surface area contributed by atoms with Crippen LogP contribution in [-0.2, 0) is 0 Å². The molecule has 24 heavy (non-hydrogen) atoms. The molecule has 0 fully saturated rings. The van der Waals surface area contributed by atoms with Crippen LogP contribution in [0.15, 0.2) is 48.6 Å². The maximum atomic E-state index is 5.43. The first-order valence-corrected chi connectivity index (χ1v) is 9.20. The van der Waals surface area contributed by atoms with E-state index in [9.17, 15) is 0 Å². The van der Waals surface area contributed by atoms with Crippen LogP contribution in [0.5, 0.6) is 0 Å². The minimum Gasteiger partial charge on any atom is -0.327 e. The van der Waals surface area contributed by atoms with E-state index in [1.54, 1.807) is 6.08 Å². The van der Waals surface area contributed by atoms with Crippen molar-refractivity contribution in [2.75, 3.05) is 6.54 Å². The van der Waals surface area contributed by atoms with Crippen LogP contribution in [0.1, 0.15) is 67.2 Å². The van der Waals surface area contributed by atoms with E-state index in [4.69, 9.17) is 12.2 Å². The standard InChI is InChI=1S/C11H17N.C7H12.C3H6.C2H6/c1-3-10(4-5-12)8-11-6-9(2)7-11;1-4-6-7(3)5-2;1-3-2;1-2/h3-4,6,11H,1,5,7-8,12H2,2H3;2,7H,4,6H2,1,3H3;3H,1H2,2H3;1-2H3/b10-4+;;;. The summed E-state index contributed by atoms with van der Waals surface area (Å²) in [6, 6.07) is 0. The third-order valence-electron chi connectivity index (χ3n) is 3.25. The normalized spacial score (nSPS) is 16.0. The molecule has 0 saturated heterocycles. The monoisotopic (exact) mass is 331 g/mol. The number of rotatable bonds is 6. The second-order valence-electron chi connectivity index (χ2n) is 5.66. The van der Waals surface area contributed by atoms with Gasteiger partial charge in [-0.2, -0.15) is 0 Å². The van der Waals surface area contributed by atoms with Gasteiger partial charge in [0.15, 0.2) is 0 Å². The molecule has 0 aliphatic heterocycles. The Hall–Kier alpha value is -1.52. The molecular formula is C23H41N. The molecule has 2 atom stereocenters. The van der Waals surface area contributed by atoms with E-state index in [0.29, 0.717) is 12.5 Å². The molecule has 0 radical (unpaired) electrons. The predicted molar refractivity (Wildman–Crippen MR) is 114 cm³/mol. The Morgan fingerprint density at radius 3 is 2.21 bits per heavy atom. The van der Waals surface area contributed by atoms with Gasteiger partial charge in [-0.3, -0.25) is 0 Å². The Labute approximate surface area is 152 Å². The largest absolute Gasteiger partial charge is 0.327 e. The fourth-order valence-corrected chi connectivity index (χ4v) is 2.13. The van der Waals surface area contributed by atoms with Gasteiger partial charge in [0.1, 0.15) is 0 Å². The number of terminal acetylenes is 1. The van der Waals surface area contributed by atoms with Crippen molar-refractivity contribution in [1.29, 1.82) is 0 Å². The van der Waals surface area contributed by atoms with Crippen molar-refractivity contribution in [3.8, 4) is 12.3 Å². The van der Waals surface area contributed by atoms with E-state index < -0.39 is 0 Å². The molecule has 1 nitrogen and oxygen atoms in total. The van der Waals surface area contributed by atoms with Crippen molar-refractivity contribution in [2.45, 2.75) is 67.2 Å². The Morgan fingerprint density at radius 2 is 1.96 bits per heavy atom. The third kappa shape index (κ3) is 18.5. The van der Waals surface area contributed by atoms with Gasteiger partial charge in [-0.1, -0.05) is 76.1 Å². The van der Waals surface area contributed by atoms with Crippen molar-refractivity contribution >= 4 is 0 Å². The zero-order valence-electron chi connectivity index (χ0n) is 17.1. The van der Waals surface area contributed by atoms with Crippen LogP contribution < -0.4 is 5.73 Å². The van der Waals surface area contributed by atoms with E-state index in [0.717, 1.165) is 18.8 Å². The van der Waals surface area contributed by atoms with E-state index in [-0.39, 0.29) is 0 Å². The molecule has 138 valence electrons. The molecule has 0 aromatic carbocycles. The van der Waals surface area contributed by atoms with Gasteiger partial charge in [-0.15, -0.1) is 18.9 Å². The minimum absolute atomic E-state index is 0.477. The minimum atomic E-state index is 0.477. The summed E-state index contributed by atoms with van der Waals surface area (Å²) in [5, 5.41) is 0. The zero-order chi connectivity index (χ0) is 19.4. The van der Waals surface area contributed by atoms with Crippen LogP contribution >= 0.6 is 0 Å². The van der Waals surface area contributed by atoms with E-state index in [1.807, 2.05) is 26.8 Å². The molecule has 0 amide bonds. The molecule has 2 unspecified atom stereocenters. The number of hydrogen-bond acceptors (Lipinski definition) is 1. The molecule has 1 rings (SSSR count). The van der Waals surface area contributed by atoms with Gasteiger partial charge in [0.25, 0.3) is 0 Å². The maximum Gasteiger partial charge on any atom is 0.0171 e. The smallest absolute Gasteiger partial charge is 0.0171 e. The topological polar surface area (TPSA) is 26.0 Å². The fourth-order valence-electron chi connectivity index (χ4n) is 2.13. The first-order valence-electron chi connectivity index (χ1n) is 9.20. The van der Waals surface area contributed by atoms with Crippen molar-refractivity contribution < 1.29 is 0 Å². The molecule has 0 aromatic rings. The van der Waals surface area contributed by atoms with E-state index in [2.05, 4.69) is 52.0 Å². The van der Waals surface area contributed by atoms with E-state index in [1.165, 1.54) is 24.0 Å². The lowest BCUT2D eigenvalue weighted by Crippen LogP contribution is -2.09. The molecule has 0 aromatic heterocycles. The van der Waals surface area contributed by atoms with Crippen LogP contribution in [0.2, 0.25) is 0 Å². The number of hydrogen-bond donors (Lipinski definition) is 1. The first kappa shape index (κ1) is 27.3. The van der Waals surface area contributed by atoms with E-state index >= 15 is 0 Å². The highest BCUT2D eigenvalue weighted by Gasteiger charge is 2.15. The summed E-state index contributed by atoms with van der Waals surface area (Å²) in [5.41, 5.74) is 8.22. The summed E-state index contributed by atoms with van der Waals surface area (Å²) < 4.78 is 0. The first-order chi connectivity index (χ1) is 11.5. The maximum absolute atomic E-state index is 5.43. The molecule has 0 saturated carbocycles. The second kappa shape index (κ2) is 21.5. The van der Waals surface area contributed by atoms with Gasteiger partial charge in [0.05, 0.1) is 0 Å². The van der Waals surface area contributed by atoms with Crippen LogP contribution in [0, 0.1) is 24.2 Å². The highest BCUT2D eigenvalue weighted by Crippen LogP contribution is 2.30. The molecule has 1 aliphatic rings. The summed E-state index contributed by atoms with van der Waals surface area (Å²) in [4.78, 5) is 0. The highest BCUT2D eigenvalue weighted by molar-refractivity contribution is 5.23. The highest BCUT2D eigenvalue weighted by atomic mass is 14.5. The molecular weight excluding hydrogens is 290 g/mol. The van der Waals surface area contributed by atoms with Crippen molar-refractivity contribution in [3.05, 3.63) is 48.6 Å². The third-order valence-corrected chi connectivity index (χ3v) is 3.25. The molecule has 1 aliphatic carbocycles.